The second-order valence-corrected chi connectivity index (χ2v) is 6.51. The minimum Gasteiger partial charge on any atom is -0.395 e. The minimum absolute atomic E-state index is 0.146. The summed E-state index contributed by atoms with van der Waals surface area (Å²) in [6.45, 7) is 1.05. The average molecular weight is 268 g/mol. The predicted molar refractivity (Wildman–Crippen MR) is 68.8 cm³/mol. The van der Waals surface area contributed by atoms with E-state index < -0.39 is 10.8 Å². The van der Waals surface area contributed by atoms with Gasteiger partial charge in [-0.25, -0.2) is 0 Å². The highest BCUT2D eigenvalue weighted by atomic mass is 32.2. The van der Waals surface area contributed by atoms with Crippen molar-refractivity contribution in [2.45, 2.75) is 18.8 Å². The fraction of sp³-hybridized carbons (Fsp3) is 0.636. The largest absolute Gasteiger partial charge is 0.395 e. The zero-order valence-corrected chi connectivity index (χ0v) is 10.8. The van der Waals surface area contributed by atoms with Crippen LogP contribution in [-0.4, -0.2) is 49.8 Å². The van der Waals surface area contributed by atoms with Crippen LogP contribution in [0.2, 0.25) is 0 Å². The lowest BCUT2D eigenvalue weighted by atomic mass is 10.2. The maximum Gasteiger partial charge on any atom is 0.276 e. The van der Waals surface area contributed by atoms with Crippen molar-refractivity contribution in [1.82, 2.24) is 15.1 Å². The number of aromatic amines is 1. The summed E-state index contributed by atoms with van der Waals surface area (Å²) in [5, 5.41) is 6.94. The smallest absolute Gasteiger partial charge is 0.276 e. The summed E-state index contributed by atoms with van der Waals surface area (Å²) in [5.41, 5.74) is 7.70. The van der Waals surface area contributed by atoms with E-state index in [1.54, 1.807) is 4.90 Å². The highest BCUT2D eigenvalue weighted by molar-refractivity contribution is 7.85. The zero-order valence-electron chi connectivity index (χ0n) is 10.0. The number of nitrogens with two attached hydrogens (primary N) is 1. The Kier molecular flexibility index (Phi) is 2.85. The van der Waals surface area contributed by atoms with Crippen molar-refractivity contribution in [3.8, 4) is 0 Å². The van der Waals surface area contributed by atoms with E-state index >= 15 is 0 Å². The van der Waals surface area contributed by atoms with E-state index in [1.807, 2.05) is 0 Å². The van der Waals surface area contributed by atoms with Gasteiger partial charge in [-0.15, -0.1) is 0 Å². The molecule has 2 heterocycles. The third kappa shape index (κ3) is 2.03. The molecule has 1 aliphatic carbocycles. The van der Waals surface area contributed by atoms with Crippen molar-refractivity contribution in [3.63, 3.8) is 0 Å². The van der Waals surface area contributed by atoms with Crippen LogP contribution in [0.4, 0.5) is 5.69 Å². The molecule has 0 unspecified atom stereocenters. The van der Waals surface area contributed by atoms with Crippen LogP contribution in [-0.2, 0) is 10.8 Å². The molecule has 1 aliphatic heterocycles. The molecule has 3 N–H and O–H groups in total. The normalized spacial score (nSPS) is 21.2. The number of nitrogens with one attached hydrogen (secondary N) is 1. The van der Waals surface area contributed by atoms with Gasteiger partial charge in [-0.2, -0.15) is 5.10 Å². The van der Waals surface area contributed by atoms with E-state index in [-0.39, 0.29) is 5.91 Å². The molecule has 3 rings (SSSR count). The van der Waals surface area contributed by atoms with Crippen molar-refractivity contribution in [3.05, 3.63) is 11.4 Å². The van der Waals surface area contributed by atoms with Crippen LogP contribution in [0.5, 0.6) is 0 Å². The standard InChI is InChI=1S/C11H16N4O2S/c12-8-9(7-1-2-7)13-14-10(8)11(16)15-3-5-18(17)6-4-15/h7H,1-6,12H2,(H,13,14). The Balaban J connectivity index is 1.77. The van der Waals surface area contributed by atoms with E-state index in [1.165, 1.54) is 0 Å². The monoisotopic (exact) mass is 268 g/mol. The van der Waals surface area contributed by atoms with Gasteiger partial charge < -0.3 is 10.6 Å². The molecule has 2 fully saturated rings. The topological polar surface area (TPSA) is 92.1 Å². The van der Waals surface area contributed by atoms with Crippen molar-refractivity contribution >= 4 is 22.4 Å². The third-order valence-electron chi connectivity index (χ3n) is 3.49. The first-order valence-corrected chi connectivity index (χ1v) is 7.63. The Labute approximate surface area is 107 Å². The second kappa shape index (κ2) is 4.38. The summed E-state index contributed by atoms with van der Waals surface area (Å²) in [5.74, 6) is 1.40. The van der Waals surface area contributed by atoms with Gasteiger partial charge >= 0.3 is 0 Å². The van der Waals surface area contributed by atoms with Gasteiger partial charge in [-0.05, 0) is 12.8 Å². The molecule has 1 saturated heterocycles. The lowest BCUT2D eigenvalue weighted by Gasteiger charge is -2.25. The molecule has 0 radical (unpaired) electrons. The predicted octanol–water partition coefficient (Wildman–Crippen LogP) is 0.0738. The van der Waals surface area contributed by atoms with Gasteiger partial charge in [0.25, 0.3) is 5.91 Å². The van der Waals surface area contributed by atoms with Crippen molar-refractivity contribution in [2.24, 2.45) is 0 Å². The molecule has 0 spiro atoms. The molecule has 0 atom stereocenters. The number of nitrogen functional groups attached to an aromatic ring is 1. The van der Waals surface area contributed by atoms with Crippen LogP contribution in [0.15, 0.2) is 0 Å². The van der Waals surface area contributed by atoms with Gasteiger partial charge in [0.05, 0.1) is 11.4 Å². The molecular weight excluding hydrogens is 252 g/mol. The van der Waals surface area contributed by atoms with Crippen LogP contribution in [0, 0.1) is 0 Å². The average Bonchev–Trinajstić information content (AvgIpc) is 3.13. The molecule has 18 heavy (non-hydrogen) atoms. The maximum atomic E-state index is 12.2. The Morgan fingerprint density at radius 1 is 1.39 bits per heavy atom. The first kappa shape index (κ1) is 11.7. The van der Waals surface area contributed by atoms with E-state index in [4.69, 9.17) is 5.73 Å². The molecular formula is C11H16N4O2S. The number of aromatic nitrogens is 2. The summed E-state index contributed by atoms with van der Waals surface area (Å²) >= 11 is 0. The molecule has 0 bridgehead atoms. The number of H-pyrrole nitrogens is 1. The van der Waals surface area contributed by atoms with Gasteiger partial charge in [-0.1, -0.05) is 0 Å². The van der Waals surface area contributed by atoms with E-state index in [0.29, 0.717) is 41.9 Å². The van der Waals surface area contributed by atoms with Gasteiger partial charge in [-0.3, -0.25) is 14.1 Å². The fourth-order valence-corrected chi connectivity index (χ4v) is 3.25. The van der Waals surface area contributed by atoms with Crippen LogP contribution < -0.4 is 5.73 Å². The lowest BCUT2D eigenvalue weighted by molar-refractivity contribution is 0.0766. The molecule has 6 nitrogen and oxygen atoms in total. The number of hydrogen-bond acceptors (Lipinski definition) is 4. The zero-order chi connectivity index (χ0) is 12.7. The maximum absolute atomic E-state index is 12.2. The summed E-state index contributed by atoms with van der Waals surface area (Å²) < 4.78 is 11.3. The Morgan fingerprint density at radius 2 is 2.06 bits per heavy atom. The van der Waals surface area contributed by atoms with Crippen LogP contribution in [0.1, 0.15) is 34.9 Å². The summed E-state index contributed by atoms with van der Waals surface area (Å²) in [7, 11) is -0.785. The number of amides is 1. The molecule has 7 heteroatoms. The van der Waals surface area contributed by atoms with Crippen LogP contribution >= 0.6 is 0 Å². The quantitative estimate of drug-likeness (QED) is 0.794. The molecule has 0 aromatic carbocycles. The number of carbonyl (C=O) groups is 1. The minimum atomic E-state index is -0.785. The highest BCUT2D eigenvalue weighted by Gasteiger charge is 2.32. The first-order valence-electron chi connectivity index (χ1n) is 6.15. The number of hydrogen-bond donors (Lipinski definition) is 2. The highest BCUT2D eigenvalue weighted by Crippen LogP contribution is 2.42. The molecule has 1 aromatic heterocycles. The lowest BCUT2D eigenvalue weighted by Crippen LogP contribution is -2.42. The second-order valence-electron chi connectivity index (χ2n) is 4.81. The summed E-state index contributed by atoms with van der Waals surface area (Å²) in [6, 6.07) is 0. The van der Waals surface area contributed by atoms with Crippen LogP contribution in [0.3, 0.4) is 0 Å². The van der Waals surface area contributed by atoms with Gasteiger partial charge in [0.1, 0.15) is 0 Å². The number of nitrogens with zero attached hydrogens (tertiary/aromatic N) is 2. The van der Waals surface area contributed by atoms with E-state index in [0.717, 1.165) is 18.5 Å². The molecule has 2 aliphatic rings. The van der Waals surface area contributed by atoms with Crippen LogP contribution in [0.25, 0.3) is 0 Å². The van der Waals surface area contributed by atoms with E-state index in [2.05, 4.69) is 10.2 Å². The number of rotatable bonds is 2. The summed E-state index contributed by atoms with van der Waals surface area (Å²) in [6.07, 6.45) is 2.23. The number of carbonyl (C=O) groups excluding carboxylic acids is 1. The molecule has 98 valence electrons. The Morgan fingerprint density at radius 3 is 2.67 bits per heavy atom. The molecule has 1 aromatic rings. The van der Waals surface area contributed by atoms with Crippen molar-refractivity contribution in [2.75, 3.05) is 30.3 Å². The fourth-order valence-electron chi connectivity index (χ4n) is 2.20. The first-order chi connectivity index (χ1) is 8.66. The summed E-state index contributed by atoms with van der Waals surface area (Å²) in [4.78, 5) is 13.9. The van der Waals surface area contributed by atoms with Crippen molar-refractivity contribution in [1.29, 1.82) is 0 Å². The number of anilines is 1. The van der Waals surface area contributed by atoms with Gasteiger partial charge in [0.2, 0.25) is 0 Å². The molecule has 1 amide bonds. The molecule has 1 saturated carbocycles. The Bertz CT molecular complexity index is 499. The Hall–Kier alpha value is -1.37. The van der Waals surface area contributed by atoms with Gasteiger partial charge in [0.15, 0.2) is 5.69 Å². The third-order valence-corrected chi connectivity index (χ3v) is 4.76. The van der Waals surface area contributed by atoms with Crippen molar-refractivity contribution < 1.29 is 9.00 Å². The van der Waals surface area contributed by atoms with Gasteiger partial charge in [0, 0.05) is 41.3 Å². The van der Waals surface area contributed by atoms with E-state index in [9.17, 15) is 9.00 Å². The SMILES string of the molecule is Nc1c(C(=O)N2CCS(=O)CC2)n[nH]c1C1CC1.